The Morgan fingerprint density at radius 2 is 1.70 bits per heavy atom. The van der Waals surface area contributed by atoms with Crippen LogP contribution in [0.25, 0.3) is 0 Å². The van der Waals surface area contributed by atoms with Gasteiger partial charge >= 0.3 is 0 Å². The van der Waals surface area contributed by atoms with Crippen LogP contribution in [0.5, 0.6) is 0 Å². The quantitative estimate of drug-likeness (QED) is 0.763. The van der Waals surface area contributed by atoms with Crippen LogP contribution in [-0.2, 0) is 11.3 Å². The summed E-state index contributed by atoms with van der Waals surface area (Å²) >= 11 is 0. The highest BCUT2D eigenvalue weighted by molar-refractivity contribution is 5.94. The van der Waals surface area contributed by atoms with Gasteiger partial charge in [-0.2, -0.15) is 0 Å². The minimum absolute atomic E-state index is 0.0638. The molecule has 0 spiro atoms. The van der Waals surface area contributed by atoms with Gasteiger partial charge in [-0.25, -0.2) is 0 Å². The van der Waals surface area contributed by atoms with Gasteiger partial charge in [0, 0.05) is 64.8 Å². The summed E-state index contributed by atoms with van der Waals surface area (Å²) in [6.07, 6.45) is 0. The highest BCUT2D eigenvalue weighted by Gasteiger charge is 2.21. The fourth-order valence-electron chi connectivity index (χ4n) is 3.32. The van der Waals surface area contributed by atoms with Crippen LogP contribution in [0.3, 0.4) is 0 Å². The molecule has 1 heterocycles. The summed E-state index contributed by atoms with van der Waals surface area (Å²) in [6, 6.07) is 7.39. The lowest BCUT2D eigenvalue weighted by molar-refractivity contribution is -0.119. The van der Waals surface area contributed by atoms with E-state index in [1.807, 2.05) is 18.2 Å². The number of nitrogens with zero attached hydrogens (tertiary/aromatic N) is 2. The third-order valence-corrected chi connectivity index (χ3v) is 4.61. The van der Waals surface area contributed by atoms with Crippen molar-refractivity contribution in [2.45, 2.75) is 34.2 Å². The largest absolute Gasteiger partial charge is 0.352 e. The topological polar surface area (TPSA) is 64.7 Å². The van der Waals surface area contributed by atoms with Crippen molar-refractivity contribution in [3.63, 3.8) is 0 Å². The molecule has 1 fully saturated rings. The van der Waals surface area contributed by atoms with E-state index in [2.05, 4.69) is 41.2 Å². The molecule has 6 nitrogen and oxygen atoms in total. The molecule has 0 atom stereocenters. The monoisotopic (exact) mass is 374 g/mol. The van der Waals surface area contributed by atoms with Crippen LogP contribution in [0.15, 0.2) is 24.3 Å². The smallest absolute Gasteiger partial charge is 0.251 e. The molecule has 2 N–H and O–H groups in total. The minimum atomic E-state index is -0.0764. The molecular formula is C21H34N4O2. The molecule has 2 rings (SSSR count). The van der Waals surface area contributed by atoms with Crippen molar-refractivity contribution in [3.8, 4) is 0 Å². The van der Waals surface area contributed by atoms with Crippen LogP contribution in [0, 0.1) is 5.41 Å². The molecule has 0 bridgehead atoms. The maximum Gasteiger partial charge on any atom is 0.251 e. The van der Waals surface area contributed by atoms with Crippen molar-refractivity contribution >= 4 is 11.8 Å². The molecule has 1 aliphatic heterocycles. The third kappa shape index (κ3) is 8.10. The van der Waals surface area contributed by atoms with Crippen LogP contribution in [0.2, 0.25) is 0 Å². The fourth-order valence-corrected chi connectivity index (χ4v) is 3.32. The van der Waals surface area contributed by atoms with Gasteiger partial charge in [0.1, 0.15) is 0 Å². The maximum atomic E-state index is 12.4. The van der Waals surface area contributed by atoms with Crippen molar-refractivity contribution in [1.29, 1.82) is 0 Å². The van der Waals surface area contributed by atoms with E-state index in [4.69, 9.17) is 0 Å². The first-order valence-electron chi connectivity index (χ1n) is 9.79. The van der Waals surface area contributed by atoms with E-state index in [-0.39, 0.29) is 11.8 Å². The molecule has 0 saturated carbocycles. The van der Waals surface area contributed by atoms with Gasteiger partial charge in [-0.1, -0.05) is 32.9 Å². The Kier molecular flexibility index (Phi) is 7.80. The Balaban J connectivity index is 1.71. The zero-order valence-electron chi connectivity index (χ0n) is 17.2. The Hall–Kier alpha value is -1.92. The van der Waals surface area contributed by atoms with E-state index in [1.54, 1.807) is 6.07 Å². The third-order valence-electron chi connectivity index (χ3n) is 4.61. The molecule has 0 radical (unpaired) electrons. The number of hydrogen-bond donors (Lipinski definition) is 2. The standard InChI is InChI=1S/C21H34N4O2/c1-17(26)23-15-18-6-5-7-19(14-18)20(27)22-8-9-24-10-12-25(13-11-24)16-21(2,3)4/h5-7,14H,8-13,15-16H2,1-4H3,(H,22,27)(H,23,26). The summed E-state index contributed by atoms with van der Waals surface area (Å²) < 4.78 is 0. The number of carbonyl (C=O) groups is 2. The number of piperazine rings is 1. The van der Waals surface area contributed by atoms with Crippen molar-refractivity contribution in [3.05, 3.63) is 35.4 Å². The van der Waals surface area contributed by atoms with Crippen molar-refractivity contribution in [1.82, 2.24) is 20.4 Å². The first-order valence-corrected chi connectivity index (χ1v) is 9.79. The summed E-state index contributed by atoms with van der Waals surface area (Å²) in [5, 5.41) is 5.76. The highest BCUT2D eigenvalue weighted by Crippen LogP contribution is 2.16. The SMILES string of the molecule is CC(=O)NCc1cccc(C(=O)NCCN2CCN(CC(C)(C)C)CC2)c1. The minimum Gasteiger partial charge on any atom is -0.352 e. The normalized spacial score (nSPS) is 16.1. The lowest BCUT2D eigenvalue weighted by Crippen LogP contribution is -2.50. The molecule has 6 heteroatoms. The number of benzene rings is 1. The molecule has 1 aliphatic rings. The summed E-state index contributed by atoms with van der Waals surface area (Å²) in [7, 11) is 0. The lowest BCUT2D eigenvalue weighted by Gasteiger charge is -2.37. The lowest BCUT2D eigenvalue weighted by atomic mass is 9.96. The molecule has 1 saturated heterocycles. The molecule has 1 aromatic rings. The molecular weight excluding hydrogens is 340 g/mol. The van der Waals surface area contributed by atoms with Crippen molar-refractivity contribution in [2.75, 3.05) is 45.8 Å². The number of amides is 2. The zero-order chi connectivity index (χ0) is 19.9. The Morgan fingerprint density at radius 1 is 1.04 bits per heavy atom. The van der Waals surface area contributed by atoms with Gasteiger partial charge in [0.25, 0.3) is 5.91 Å². The predicted molar refractivity (Wildman–Crippen MR) is 109 cm³/mol. The van der Waals surface area contributed by atoms with E-state index >= 15 is 0 Å². The first kappa shape index (κ1) is 21.4. The molecule has 2 amide bonds. The number of nitrogens with one attached hydrogen (secondary N) is 2. The zero-order valence-corrected chi connectivity index (χ0v) is 17.2. The number of rotatable bonds is 7. The second-order valence-electron chi connectivity index (χ2n) is 8.54. The summed E-state index contributed by atoms with van der Waals surface area (Å²) in [4.78, 5) is 28.3. The van der Waals surface area contributed by atoms with Crippen LogP contribution < -0.4 is 10.6 Å². The van der Waals surface area contributed by atoms with Gasteiger partial charge in [0.15, 0.2) is 0 Å². The van der Waals surface area contributed by atoms with Gasteiger partial charge in [0.2, 0.25) is 5.91 Å². The number of carbonyl (C=O) groups excluding carboxylic acids is 2. The van der Waals surface area contributed by atoms with Crippen molar-refractivity contribution < 1.29 is 9.59 Å². The summed E-state index contributed by atoms with van der Waals surface area (Å²) in [5.74, 6) is -0.140. The second-order valence-corrected chi connectivity index (χ2v) is 8.54. The van der Waals surface area contributed by atoms with Crippen LogP contribution in [-0.4, -0.2) is 67.4 Å². The van der Waals surface area contributed by atoms with Gasteiger partial charge in [0.05, 0.1) is 0 Å². The molecule has 1 aromatic carbocycles. The Labute approximate surface area is 163 Å². The fraction of sp³-hybridized carbons (Fsp3) is 0.619. The van der Waals surface area contributed by atoms with E-state index in [0.29, 0.717) is 24.1 Å². The molecule has 0 unspecified atom stereocenters. The van der Waals surface area contributed by atoms with E-state index in [1.165, 1.54) is 6.92 Å². The van der Waals surface area contributed by atoms with Crippen LogP contribution in [0.4, 0.5) is 0 Å². The van der Waals surface area contributed by atoms with E-state index < -0.39 is 0 Å². The molecule has 150 valence electrons. The Bertz CT molecular complexity index is 631. The molecule has 27 heavy (non-hydrogen) atoms. The summed E-state index contributed by atoms with van der Waals surface area (Å²) in [6.45, 7) is 15.7. The van der Waals surface area contributed by atoms with Gasteiger partial charge in [-0.15, -0.1) is 0 Å². The average Bonchev–Trinajstić information content (AvgIpc) is 2.60. The predicted octanol–water partition coefficient (Wildman–Crippen LogP) is 1.72. The van der Waals surface area contributed by atoms with Crippen molar-refractivity contribution in [2.24, 2.45) is 5.41 Å². The Morgan fingerprint density at radius 3 is 2.33 bits per heavy atom. The molecule has 0 aliphatic carbocycles. The van der Waals surface area contributed by atoms with Gasteiger partial charge in [-0.05, 0) is 23.1 Å². The maximum absolute atomic E-state index is 12.4. The summed E-state index contributed by atoms with van der Waals surface area (Å²) in [5.41, 5.74) is 1.89. The second kappa shape index (κ2) is 9.85. The highest BCUT2D eigenvalue weighted by atomic mass is 16.2. The average molecular weight is 375 g/mol. The van der Waals surface area contributed by atoms with E-state index in [0.717, 1.165) is 44.8 Å². The number of hydrogen-bond acceptors (Lipinski definition) is 4. The van der Waals surface area contributed by atoms with E-state index in [9.17, 15) is 9.59 Å². The van der Waals surface area contributed by atoms with Gasteiger partial charge in [-0.3, -0.25) is 14.5 Å². The first-order chi connectivity index (χ1) is 12.7. The van der Waals surface area contributed by atoms with Crippen LogP contribution >= 0.6 is 0 Å². The van der Waals surface area contributed by atoms with Gasteiger partial charge < -0.3 is 15.5 Å². The molecule has 0 aromatic heterocycles. The van der Waals surface area contributed by atoms with Crippen LogP contribution in [0.1, 0.15) is 43.6 Å².